The van der Waals surface area contributed by atoms with Crippen LogP contribution in [-0.2, 0) is 4.79 Å². The van der Waals surface area contributed by atoms with Crippen LogP contribution in [0.4, 0.5) is 0 Å². The number of Topliss-reactive ketones (excluding diaryl/α,β-unsaturated/α-hetero) is 1. The van der Waals surface area contributed by atoms with Gasteiger partial charge in [-0.2, -0.15) is 0 Å². The Morgan fingerprint density at radius 1 is 0.935 bits per heavy atom. The van der Waals surface area contributed by atoms with E-state index in [0.717, 1.165) is 25.7 Å². The number of fused-ring (bicyclic) bond motifs is 5. The van der Waals surface area contributed by atoms with E-state index in [1.165, 1.54) is 19.3 Å². The Morgan fingerprint density at radius 2 is 1.61 bits per heavy atom. The van der Waals surface area contributed by atoms with Crippen molar-refractivity contribution in [1.29, 1.82) is 0 Å². The maximum absolute atomic E-state index is 13.2. The van der Waals surface area contributed by atoms with Gasteiger partial charge < -0.3 is 10.2 Å². The summed E-state index contributed by atoms with van der Waals surface area (Å²) in [5.41, 5.74) is 0.318. The summed E-state index contributed by atoms with van der Waals surface area (Å²) in [6.45, 7) is 13.3. The Balaban J connectivity index is 1.55. The first-order valence-electron chi connectivity index (χ1n) is 13.1. The Bertz CT molecular complexity index is 713. The molecule has 3 saturated carbocycles. The molecule has 4 aliphatic rings. The van der Waals surface area contributed by atoms with Crippen LogP contribution in [0.3, 0.4) is 0 Å². The summed E-state index contributed by atoms with van der Waals surface area (Å²) in [6, 6.07) is 0. The minimum absolute atomic E-state index is 0.0861. The number of rotatable bonds is 5. The van der Waals surface area contributed by atoms with Crippen molar-refractivity contribution in [3.63, 3.8) is 0 Å². The van der Waals surface area contributed by atoms with E-state index >= 15 is 0 Å². The molecular weight excluding hydrogens is 384 g/mol. The van der Waals surface area contributed by atoms with Gasteiger partial charge in [0.15, 0.2) is 0 Å². The van der Waals surface area contributed by atoms with Crippen LogP contribution in [0.1, 0.15) is 86.5 Å². The molecule has 0 aromatic heterocycles. The van der Waals surface area contributed by atoms with Crippen molar-refractivity contribution < 1.29 is 15.0 Å². The van der Waals surface area contributed by atoms with Crippen LogP contribution in [0, 0.1) is 58.2 Å². The zero-order valence-electron chi connectivity index (χ0n) is 20.7. The van der Waals surface area contributed by atoms with Gasteiger partial charge in [-0.3, -0.25) is 4.79 Å². The summed E-state index contributed by atoms with van der Waals surface area (Å²) in [4.78, 5) is 13.2. The average molecular weight is 431 g/mol. The molecule has 0 radical (unpaired) electrons. The molecule has 11 atom stereocenters. The maximum Gasteiger partial charge on any atom is 0.137 e. The van der Waals surface area contributed by atoms with E-state index in [4.69, 9.17) is 0 Å². The molecular formula is C28H46O3. The van der Waals surface area contributed by atoms with Crippen LogP contribution in [0.25, 0.3) is 0 Å². The number of hydrogen-bond acceptors (Lipinski definition) is 3. The van der Waals surface area contributed by atoms with Gasteiger partial charge >= 0.3 is 0 Å². The molecule has 4 aliphatic carbocycles. The van der Waals surface area contributed by atoms with Crippen LogP contribution in [0.15, 0.2) is 12.2 Å². The van der Waals surface area contributed by atoms with Crippen LogP contribution in [0.5, 0.6) is 0 Å². The summed E-state index contributed by atoms with van der Waals surface area (Å²) in [5, 5.41) is 22.0. The van der Waals surface area contributed by atoms with Gasteiger partial charge in [-0.1, -0.05) is 53.7 Å². The molecule has 3 nitrogen and oxygen atoms in total. The first kappa shape index (κ1) is 23.5. The molecule has 0 spiro atoms. The predicted molar refractivity (Wildman–Crippen MR) is 125 cm³/mol. The lowest BCUT2D eigenvalue weighted by atomic mass is 9.45. The summed E-state index contributed by atoms with van der Waals surface area (Å²) < 4.78 is 0. The number of carbonyl (C=O) groups is 1. The maximum atomic E-state index is 13.2. The van der Waals surface area contributed by atoms with Crippen molar-refractivity contribution in [1.82, 2.24) is 0 Å². The van der Waals surface area contributed by atoms with Crippen LogP contribution >= 0.6 is 0 Å². The van der Waals surface area contributed by atoms with Gasteiger partial charge in [0.2, 0.25) is 0 Å². The average Bonchev–Trinajstić information content (AvgIpc) is 3.08. The second-order valence-electron chi connectivity index (χ2n) is 12.7. The number of hydrogen-bond donors (Lipinski definition) is 2. The van der Waals surface area contributed by atoms with E-state index < -0.39 is 12.2 Å². The molecule has 0 unspecified atom stereocenters. The number of aliphatic hydroxyl groups excluding tert-OH is 2. The topological polar surface area (TPSA) is 57.5 Å². The van der Waals surface area contributed by atoms with E-state index in [2.05, 4.69) is 53.7 Å². The lowest BCUT2D eigenvalue weighted by Crippen LogP contribution is -2.56. The normalized spacial score (nSPS) is 46.1. The number of carbonyl (C=O) groups excluding carboxylic acids is 1. The van der Waals surface area contributed by atoms with Crippen molar-refractivity contribution in [2.24, 2.45) is 58.2 Å². The number of allylic oxidation sites excluding steroid dienone is 2. The Morgan fingerprint density at radius 3 is 2.29 bits per heavy atom. The van der Waals surface area contributed by atoms with Crippen LogP contribution in [-0.4, -0.2) is 28.2 Å². The Hall–Kier alpha value is -0.670. The summed E-state index contributed by atoms with van der Waals surface area (Å²) in [6.07, 6.45) is 10.7. The van der Waals surface area contributed by atoms with Crippen LogP contribution < -0.4 is 0 Å². The number of aliphatic hydroxyl groups is 2. The molecule has 4 rings (SSSR count). The summed E-state index contributed by atoms with van der Waals surface area (Å²) >= 11 is 0. The quantitative estimate of drug-likeness (QED) is 0.555. The third-order valence-corrected chi connectivity index (χ3v) is 11.2. The molecule has 0 aromatic rings. The monoisotopic (exact) mass is 430 g/mol. The van der Waals surface area contributed by atoms with E-state index in [-0.39, 0.29) is 28.6 Å². The molecule has 176 valence electrons. The fourth-order valence-corrected chi connectivity index (χ4v) is 8.81. The third-order valence-electron chi connectivity index (χ3n) is 11.2. The van der Waals surface area contributed by atoms with Gasteiger partial charge in [0.05, 0.1) is 12.2 Å². The fraction of sp³-hybridized carbons (Fsp3) is 0.893. The predicted octanol–water partition coefficient (Wildman–Crippen LogP) is 5.64. The molecule has 31 heavy (non-hydrogen) atoms. The largest absolute Gasteiger partial charge is 0.390 e. The Kier molecular flexibility index (Phi) is 6.27. The van der Waals surface area contributed by atoms with Gasteiger partial charge in [-0.05, 0) is 90.8 Å². The summed E-state index contributed by atoms with van der Waals surface area (Å²) in [5.74, 6) is 3.44. The first-order valence-corrected chi connectivity index (χ1v) is 13.1. The first-order chi connectivity index (χ1) is 14.5. The van der Waals surface area contributed by atoms with Crippen molar-refractivity contribution in [3.05, 3.63) is 12.2 Å². The zero-order chi connectivity index (χ0) is 22.7. The molecule has 0 bridgehead atoms. The second-order valence-corrected chi connectivity index (χ2v) is 12.7. The molecule has 0 saturated heterocycles. The minimum Gasteiger partial charge on any atom is -0.390 e. The third kappa shape index (κ3) is 3.57. The van der Waals surface area contributed by atoms with Gasteiger partial charge in [-0.15, -0.1) is 0 Å². The fourth-order valence-electron chi connectivity index (χ4n) is 8.81. The van der Waals surface area contributed by atoms with E-state index in [0.29, 0.717) is 35.4 Å². The van der Waals surface area contributed by atoms with Gasteiger partial charge in [0.1, 0.15) is 5.78 Å². The summed E-state index contributed by atoms with van der Waals surface area (Å²) in [7, 11) is 0. The van der Waals surface area contributed by atoms with Crippen molar-refractivity contribution in [2.45, 2.75) is 98.7 Å². The second kappa shape index (κ2) is 8.28. The highest BCUT2D eigenvalue weighted by Gasteiger charge is 2.62. The smallest absolute Gasteiger partial charge is 0.137 e. The van der Waals surface area contributed by atoms with Crippen molar-refractivity contribution in [2.75, 3.05) is 0 Å². The zero-order valence-corrected chi connectivity index (χ0v) is 20.7. The number of ketones is 1. The molecule has 0 amide bonds. The van der Waals surface area contributed by atoms with Crippen molar-refractivity contribution >= 4 is 5.78 Å². The van der Waals surface area contributed by atoms with Gasteiger partial charge in [0.25, 0.3) is 0 Å². The molecule has 3 fully saturated rings. The Labute approximate surface area is 190 Å². The standard InChI is InChI=1S/C28H46O3/c1-16(2)17(3)25(30)26(31)18(4)20-10-11-21-19-15-24(29)23-9-7-8-13-27(23,5)22(19)12-14-28(20,21)6/h7-8,16-23,25-26,30-31H,9-15H2,1-6H3/t17-,18+,19+,20-,21-,22-,23-,25-,26-,27-,28-/m1/s1. The van der Waals surface area contributed by atoms with Gasteiger partial charge in [-0.25, -0.2) is 0 Å². The highest BCUT2D eigenvalue weighted by molar-refractivity contribution is 5.83. The van der Waals surface area contributed by atoms with E-state index in [9.17, 15) is 15.0 Å². The van der Waals surface area contributed by atoms with E-state index in [1.54, 1.807) is 0 Å². The molecule has 3 heteroatoms. The van der Waals surface area contributed by atoms with E-state index in [1.807, 2.05) is 0 Å². The lowest BCUT2D eigenvalue weighted by molar-refractivity contribution is -0.151. The lowest BCUT2D eigenvalue weighted by Gasteiger charge is -2.59. The molecule has 0 heterocycles. The minimum atomic E-state index is -0.672. The van der Waals surface area contributed by atoms with Crippen molar-refractivity contribution in [3.8, 4) is 0 Å². The molecule has 0 aromatic carbocycles. The SMILES string of the molecule is CC(C)[C@@H](C)[C@@H](O)[C@H](O)[C@@H](C)[C@H]1CC[C@@H]2[C@@H]3CC(=O)[C@H]4CC=CC[C@]4(C)[C@@H]3CC[C@]12C. The molecule has 0 aliphatic heterocycles. The highest BCUT2D eigenvalue weighted by Crippen LogP contribution is 2.67. The van der Waals surface area contributed by atoms with Gasteiger partial charge in [0, 0.05) is 12.3 Å². The highest BCUT2D eigenvalue weighted by atomic mass is 16.3. The molecule has 2 N–H and O–H groups in total. The van der Waals surface area contributed by atoms with Crippen LogP contribution in [0.2, 0.25) is 0 Å².